The van der Waals surface area contributed by atoms with Crippen LogP contribution in [-0.2, 0) is 4.74 Å². The minimum atomic E-state index is -1.64. The van der Waals surface area contributed by atoms with Crippen LogP contribution in [0.4, 0.5) is 8.78 Å². The summed E-state index contributed by atoms with van der Waals surface area (Å²) in [6.07, 6.45) is 4.04. The van der Waals surface area contributed by atoms with Gasteiger partial charge in [-0.2, -0.15) is 0 Å². The molecule has 21 heavy (non-hydrogen) atoms. The fraction of sp³-hybridized carbons (Fsp3) is 0.533. The Morgan fingerprint density at radius 2 is 2.33 bits per heavy atom. The molecule has 0 aromatic carbocycles. The Morgan fingerprint density at radius 3 is 3.00 bits per heavy atom. The van der Waals surface area contributed by atoms with Crippen LogP contribution in [-0.4, -0.2) is 34.8 Å². The Hall–Kier alpha value is -1.14. The van der Waals surface area contributed by atoms with E-state index in [0.29, 0.717) is 0 Å². The average Bonchev–Trinajstić information content (AvgIpc) is 2.39. The number of hydrogen-bond donors (Lipinski definition) is 1. The van der Waals surface area contributed by atoms with Crippen molar-refractivity contribution in [3.05, 3.63) is 36.2 Å². The highest BCUT2D eigenvalue weighted by Gasteiger charge is 2.59. The number of thioether (sulfide) groups is 1. The maximum atomic E-state index is 15.5. The molecule has 0 aliphatic carbocycles. The van der Waals surface area contributed by atoms with Crippen molar-refractivity contribution in [2.24, 2.45) is 10.7 Å². The normalized spacial score (nSPS) is 37.2. The topological polar surface area (TPSA) is 47.6 Å². The molecular weight excluding hydrogens is 294 g/mol. The fourth-order valence-electron chi connectivity index (χ4n) is 2.74. The summed E-state index contributed by atoms with van der Waals surface area (Å²) in [5.41, 5.74) is 3.04. The Balaban J connectivity index is 2.45. The number of alkyl halides is 1. The van der Waals surface area contributed by atoms with Gasteiger partial charge in [0.25, 0.3) is 0 Å². The molecule has 0 aromatic heterocycles. The Bertz CT molecular complexity index is 532. The molecule has 2 N–H and O–H groups in total. The monoisotopic (exact) mass is 314 g/mol. The first-order valence-corrected chi connectivity index (χ1v) is 7.79. The van der Waals surface area contributed by atoms with Crippen molar-refractivity contribution in [1.82, 2.24) is 0 Å². The van der Waals surface area contributed by atoms with Crippen LogP contribution in [0.1, 0.15) is 20.3 Å². The van der Waals surface area contributed by atoms with Crippen molar-refractivity contribution in [3.63, 3.8) is 0 Å². The molecule has 0 radical (unpaired) electrons. The second-order valence-electron chi connectivity index (χ2n) is 5.44. The summed E-state index contributed by atoms with van der Waals surface area (Å²) < 4.78 is 34.8. The van der Waals surface area contributed by atoms with Gasteiger partial charge in [0.15, 0.2) is 10.8 Å². The van der Waals surface area contributed by atoms with Crippen LogP contribution in [0.5, 0.6) is 0 Å². The van der Waals surface area contributed by atoms with E-state index in [-0.39, 0.29) is 35.6 Å². The molecular formula is C15H20F2N2OS. The molecule has 0 aromatic rings. The van der Waals surface area contributed by atoms with Gasteiger partial charge in [0.05, 0.1) is 12.7 Å². The zero-order chi connectivity index (χ0) is 15.7. The summed E-state index contributed by atoms with van der Waals surface area (Å²) in [5, 5.41) is 0.280. The van der Waals surface area contributed by atoms with Gasteiger partial charge in [0.1, 0.15) is 11.4 Å². The molecule has 2 rings (SSSR count). The third kappa shape index (κ3) is 2.92. The molecule has 0 bridgehead atoms. The van der Waals surface area contributed by atoms with Crippen molar-refractivity contribution in [2.45, 2.75) is 37.6 Å². The third-order valence-electron chi connectivity index (χ3n) is 3.85. The van der Waals surface area contributed by atoms with Gasteiger partial charge < -0.3 is 10.5 Å². The van der Waals surface area contributed by atoms with Crippen LogP contribution in [0.3, 0.4) is 0 Å². The Kier molecular flexibility index (Phi) is 4.58. The van der Waals surface area contributed by atoms with Gasteiger partial charge in [-0.3, -0.25) is 0 Å². The molecule has 1 saturated heterocycles. The average molecular weight is 314 g/mol. The van der Waals surface area contributed by atoms with Gasteiger partial charge in [-0.25, -0.2) is 13.8 Å². The van der Waals surface area contributed by atoms with E-state index in [1.165, 1.54) is 23.9 Å². The van der Waals surface area contributed by atoms with Crippen molar-refractivity contribution < 1.29 is 13.5 Å². The van der Waals surface area contributed by atoms with Gasteiger partial charge >= 0.3 is 0 Å². The summed E-state index contributed by atoms with van der Waals surface area (Å²) in [6, 6.07) is 0. The van der Waals surface area contributed by atoms with Gasteiger partial charge in [0.2, 0.25) is 0 Å². The summed E-state index contributed by atoms with van der Waals surface area (Å²) in [7, 11) is 0. The lowest BCUT2D eigenvalue weighted by Crippen LogP contribution is -2.63. The number of hydrogen-bond acceptors (Lipinski definition) is 4. The minimum Gasteiger partial charge on any atom is -0.379 e. The second kappa shape index (κ2) is 5.93. The second-order valence-corrected chi connectivity index (χ2v) is 6.44. The number of allylic oxidation sites excluding steroid dienone is 3. The highest BCUT2D eigenvalue weighted by molar-refractivity contribution is 8.13. The number of nitrogens with zero attached hydrogens (tertiary/aromatic N) is 1. The Morgan fingerprint density at radius 1 is 1.62 bits per heavy atom. The molecule has 3 nitrogen and oxygen atoms in total. The largest absolute Gasteiger partial charge is 0.379 e. The zero-order valence-electron chi connectivity index (χ0n) is 12.2. The van der Waals surface area contributed by atoms with E-state index in [2.05, 4.69) is 11.6 Å². The summed E-state index contributed by atoms with van der Waals surface area (Å²) in [5.74, 6) is -0.321. The van der Waals surface area contributed by atoms with Gasteiger partial charge in [-0.05, 0) is 31.6 Å². The van der Waals surface area contributed by atoms with E-state index in [9.17, 15) is 4.39 Å². The molecule has 0 saturated carbocycles. The van der Waals surface area contributed by atoms with Gasteiger partial charge in [-0.15, -0.1) is 0 Å². The molecule has 116 valence electrons. The highest BCUT2D eigenvalue weighted by atomic mass is 32.2. The lowest BCUT2D eigenvalue weighted by atomic mass is 9.73. The predicted molar refractivity (Wildman–Crippen MR) is 83.8 cm³/mol. The van der Waals surface area contributed by atoms with Crippen LogP contribution < -0.4 is 5.73 Å². The van der Waals surface area contributed by atoms with E-state index in [1.54, 1.807) is 13.0 Å². The minimum absolute atomic E-state index is 0.0182. The molecule has 0 spiro atoms. The predicted octanol–water partition coefficient (Wildman–Crippen LogP) is 3.29. The quantitative estimate of drug-likeness (QED) is 0.813. The van der Waals surface area contributed by atoms with Crippen molar-refractivity contribution in [1.29, 1.82) is 0 Å². The molecule has 3 atom stereocenters. The highest BCUT2D eigenvalue weighted by Crippen LogP contribution is 2.49. The number of nitrogens with two attached hydrogens (primary N) is 1. The standard InChI is InChI=1S/C15H20F2N2OS/c1-4-5-12(16)6-10(2)15-8-20-11(3)7-14(15,17)9-21-13(18)19-15/h4-6,11H,2,7-9H2,1,3H3,(H2,18,19)/b5-4-,12-6+/t11-,14+,15+/m0/s1. The summed E-state index contributed by atoms with van der Waals surface area (Å²) in [6.45, 7) is 7.37. The number of halogens is 2. The summed E-state index contributed by atoms with van der Waals surface area (Å²) in [4.78, 5) is 4.28. The fourth-order valence-corrected chi connectivity index (χ4v) is 3.69. The summed E-state index contributed by atoms with van der Waals surface area (Å²) >= 11 is 1.18. The van der Waals surface area contributed by atoms with Crippen molar-refractivity contribution in [3.8, 4) is 0 Å². The van der Waals surface area contributed by atoms with Crippen LogP contribution in [0.15, 0.2) is 41.2 Å². The lowest BCUT2D eigenvalue weighted by molar-refractivity contribution is -0.0884. The van der Waals surface area contributed by atoms with Gasteiger partial charge in [0, 0.05) is 12.2 Å². The van der Waals surface area contributed by atoms with E-state index in [1.807, 2.05) is 6.92 Å². The van der Waals surface area contributed by atoms with E-state index < -0.39 is 17.0 Å². The number of rotatable bonds is 3. The lowest BCUT2D eigenvalue weighted by Gasteiger charge is -2.50. The molecule has 2 heterocycles. The maximum absolute atomic E-state index is 15.5. The zero-order valence-corrected chi connectivity index (χ0v) is 13.1. The molecule has 2 aliphatic rings. The molecule has 0 amide bonds. The number of amidine groups is 1. The molecule has 2 aliphatic heterocycles. The van der Waals surface area contributed by atoms with Crippen LogP contribution in [0.2, 0.25) is 0 Å². The van der Waals surface area contributed by atoms with Crippen LogP contribution >= 0.6 is 11.8 Å². The van der Waals surface area contributed by atoms with Crippen molar-refractivity contribution in [2.75, 3.05) is 12.4 Å². The van der Waals surface area contributed by atoms with E-state index >= 15 is 4.39 Å². The van der Waals surface area contributed by atoms with Crippen LogP contribution in [0, 0.1) is 0 Å². The number of ether oxygens (including phenoxy) is 1. The smallest absolute Gasteiger partial charge is 0.155 e. The number of fused-ring (bicyclic) bond motifs is 1. The number of aliphatic imine (C=N–C) groups is 1. The first-order chi connectivity index (χ1) is 9.83. The van der Waals surface area contributed by atoms with E-state index in [4.69, 9.17) is 10.5 Å². The van der Waals surface area contributed by atoms with E-state index in [0.717, 1.165) is 0 Å². The first kappa shape index (κ1) is 16.2. The molecule has 0 unspecified atom stereocenters. The third-order valence-corrected chi connectivity index (χ3v) is 4.84. The van der Waals surface area contributed by atoms with Crippen LogP contribution in [0.25, 0.3) is 0 Å². The SMILES string of the molecule is C=C(/C=C(F)\C=C/C)[C@]12CO[C@@H](C)C[C@@]1(F)CSC(N)=N2. The molecule has 6 heteroatoms. The first-order valence-electron chi connectivity index (χ1n) is 6.81. The van der Waals surface area contributed by atoms with Gasteiger partial charge in [-0.1, -0.05) is 24.4 Å². The molecule has 1 fully saturated rings. The Labute approximate surface area is 128 Å². The van der Waals surface area contributed by atoms with Crippen molar-refractivity contribution >= 4 is 16.9 Å². The maximum Gasteiger partial charge on any atom is 0.155 e.